The quantitative estimate of drug-likeness (QED) is 0.861. The van der Waals surface area contributed by atoms with Crippen molar-refractivity contribution >= 4 is 0 Å². The lowest BCUT2D eigenvalue weighted by Gasteiger charge is -2.42. The molecule has 20 heavy (non-hydrogen) atoms. The lowest BCUT2D eigenvalue weighted by atomic mass is 9.65. The minimum absolute atomic E-state index is 0.286. The topological polar surface area (TPSA) is 40.5 Å². The number of phenols is 1. The summed E-state index contributed by atoms with van der Waals surface area (Å²) in [6.45, 7) is 6.96. The molecule has 0 atom stereocenters. The van der Waals surface area contributed by atoms with E-state index >= 15 is 0 Å². The average Bonchev–Trinajstić information content (AvgIpc) is 2.42. The van der Waals surface area contributed by atoms with E-state index in [9.17, 15) is 10.2 Å². The molecule has 1 aliphatic rings. The highest BCUT2D eigenvalue weighted by Crippen LogP contribution is 2.44. The Hall–Kier alpha value is -1.02. The van der Waals surface area contributed by atoms with Crippen molar-refractivity contribution in [1.82, 2.24) is 0 Å². The minimum atomic E-state index is -0.558. The average molecular weight is 276 g/mol. The van der Waals surface area contributed by atoms with E-state index < -0.39 is 5.60 Å². The zero-order valence-electron chi connectivity index (χ0n) is 13.0. The van der Waals surface area contributed by atoms with Crippen LogP contribution >= 0.6 is 0 Å². The van der Waals surface area contributed by atoms with Crippen molar-refractivity contribution < 1.29 is 10.2 Å². The van der Waals surface area contributed by atoms with Crippen LogP contribution in [0.15, 0.2) is 24.3 Å². The Morgan fingerprint density at radius 1 is 1.15 bits per heavy atom. The Morgan fingerprint density at radius 2 is 1.70 bits per heavy atom. The summed E-state index contributed by atoms with van der Waals surface area (Å²) in [6, 6.07) is 7.22. The third kappa shape index (κ3) is 3.54. The van der Waals surface area contributed by atoms with Gasteiger partial charge in [0.1, 0.15) is 5.75 Å². The number of phenolic OH excluding ortho intramolecular Hbond substituents is 1. The fourth-order valence-electron chi connectivity index (χ4n) is 3.40. The van der Waals surface area contributed by atoms with Gasteiger partial charge < -0.3 is 10.2 Å². The molecule has 0 heterocycles. The van der Waals surface area contributed by atoms with Gasteiger partial charge in [0.15, 0.2) is 0 Å². The fourth-order valence-corrected chi connectivity index (χ4v) is 3.40. The van der Waals surface area contributed by atoms with E-state index in [4.69, 9.17) is 0 Å². The van der Waals surface area contributed by atoms with Gasteiger partial charge in [-0.15, -0.1) is 0 Å². The molecule has 2 rings (SSSR count). The van der Waals surface area contributed by atoms with Crippen LogP contribution in [0.25, 0.3) is 0 Å². The summed E-state index contributed by atoms with van der Waals surface area (Å²) in [6.07, 6.45) is 5.93. The number of rotatable bonds is 4. The normalized spacial score (nSPS) is 27.5. The molecular formula is C18H28O2. The van der Waals surface area contributed by atoms with Crippen LogP contribution < -0.4 is 0 Å². The Bertz CT molecular complexity index is 425. The number of aromatic hydroxyl groups is 1. The first kappa shape index (κ1) is 15.4. The summed E-state index contributed by atoms with van der Waals surface area (Å²) >= 11 is 0. The van der Waals surface area contributed by atoms with Gasteiger partial charge in [-0.2, -0.15) is 0 Å². The maximum absolute atomic E-state index is 10.8. The van der Waals surface area contributed by atoms with E-state index in [0.717, 1.165) is 37.2 Å². The van der Waals surface area contributed by atoms with E-state index in [2.05, 4.69) is 20.8 Å². The number of benzene rings is 1. The van der Waals surface area contributed by atoms with Crippen molar-refractivity contribution in [3.8, 4) is 5.75 Å². The zero-order chi connectivity index (χ0) is 14.8. The Balaban J connectivity index is 1.96. The first-order valence-corrected chi connectivity index (χ1v) is 7.85. The smallest absolute Gasteiger partial charge is 0.115 e. The summed E-state index contributed by atoms with van der Waals surface area (Å²) in [5.41, 5.74) is 0.940. The van der Waals surface area contributed by atoms with Crippen molar-refractivity contribution in [2.24, 2.45) is 11.3 Å². The van der Waals surface area contributed by atoms with Crippen LogP contribution in [-0.4, -0.2) is 15.8 Å². The molecule has 1 aliphatic carbocycles. The molecule has 0 bridgehead atoms. The molecule has 1 aromatic rings. The van der Waals surface area contributed by atoms with Crippen LogP contribution in [-0.2, 0) is 6.42 Å². The van der Waals surface area contributed by atoms with E-state index in [0.29, 0.717) is 11.8 Å². The predicted molar refractivity (Wildman–Crippen MR) is 82.8 cm³/mol. The van der Waals surface area contributed by atoms with Crippen molar-refractivity contribution in [2.75, 3.05) is 0 Å². The Labute approximate surface area is 122 Å². The van der Waals surface area contributed by atoms with Crippen LogP contribution in [0.3, 0.4) is 0 Å². The molecule has 0 aliphatic heterocycles. The summed E-state index contributed by atoms with van der Waals surface area (Å²) in [7, 11) is 0. The second-order valence-electron chi connectivity index (χ2n) is 7.18. The van der Waals surface area contributed by atoms with Crippen molar-refractivity contribution in [1.29, 1.82) is 0 Å². The summed E-state index contributed by atoms with van der Waals surface area (Å²) < 4.78 is 0. The molecule has 2 heteroatoms. The zero-order valence-corrected chi connectivity index (χ0v) is 13.0. The molecule has 0 spiro atoms. The number of aliphatic hydroxyl groups is 1. The Kier molecular flexibility index (Phi) is 4.43. The molecule has 1 aromatic carbocycles. The Morgan fingerprint density at radius 3 is 2.20 bits per heavy atom. The van der Waals surface area contributed by atoms with Gasteiger partial charge in [-0.1, -0.05) is 39.3 Å². The molecule has 2 nitrogen and oxygen atoms in total. The maximum atomic E-state index is 10.8. The molecule has 0 amide bonds. The molecule has 0 radical (unpaired) electrons. The molecule has 112 valence electrons. The predicted octanol–water partition coefficient (Wildman–Crippen LogP) is 4.29. The van der Waals surface area contributed by atoms with Crippen molar-refractivity contribution in [3.05, 3.63) is 29.8 Å². The molecule has 0 aromatic heterocycles. The molecule has 2 N–H and O–H groups in total. The highest BCUT2D eigenvalue weighted by Gasteiger charge is 2.38. The second kappa shape index (κ2) is 5.77. The molecule has 0 saturated heterocycles. The summed E-state index contributed by atoms with van der Waals surface area (Å²) in [5.74, 6) is 1.02. The number of hydrogen-bond donors (Lipinski definition) is 2. The van der Waals surface area contributed by atoms with Gasteiger partial charge in [0.05, 0.1) is 5.60 Å². The SMILES string of the molecule is CCC(C)(C)C1CCC(O)(Cc2ccc(O)cc2)CC1. The fraction of sp³-hybridized carbons (Fsp3) is 0.667. The lowest BCUT2D eigenvalue weighted by Crippen LogP contribution is -2.39. The van der Waals surface area contributed by atoms with E-state index in [1.165, 1.54) is 6.42 Å². The maximum Gasteiger partial charge on any atom is 0.115 e. The van der Waals surface area contributed by atoms with Crippen molar-refractivity contribution in [2.45, 2.75) is 64.9 Å². The molecular weight excluding hydrogens is 248 g/mol. The molecule has 1 saturated carbocycles. The van der Waals surface area contributed by atoms with E-state index in [1.54, 1.807) is 12.1 Å². The third-order valence-electron chi connectivity index (χ3n) is 5.40. The highest BCUT2D eigenvalue weighted by molar-refractivity contribution is 5.27. The van der Waals surface area contributed by atoms with Crippen LogP contribution in [0.4, 0.5) is 0 Å². The summed E-state index contributed by atoms with van der Waals surface area (Å²) in [5, 5.41) is 20.1. The third-order valence-corrected chi connectivity index (χ3v) is 5.40. The lowest BCUT2D eigenvalue weighted by molar-refractivity contribution is -0.0276. The standard InChI is InChI=1S/C18H28O2/c1-4-17(2,3)15-9-11-18(20,12-10-15)13-14-5-7-16(19)8-6-14/h5-8,15,19-20H,4,9-13H2,1-3H3. The van der Waals surface area contributed by atoms with Crippen LogP contribution in [0.5, 0.6) is 5.75 Å². The highest BCUT2D eigenvalue weighted by atomic mass is 16.3. The minimum Gasteiger partial charge on any atom is -0.508 e. The molecule has 0 unspecified atom stereocenters. The van der Waals surface area contributed by atoms with Gasteiger partial charge in [-0.3, -0.25) is 0 Å². The largest absolute Gasteiger partial charge is 0.508 e. The van der Waals surface area contributed by atoms with Gasteiger partial charge in [0, 0.05) is 6.42 Å². The van der Waals surface area contributed by atoms with Crippen LogP contribution in [0.1, 0.15) is 58.4 Å². The van der Waals surface area contributed by atoms with Gasteiger partial charge in [0.2, 0.25) is 0 Å². The van der Waals surface area contributed by atoms with Gasteiger partial charge in [0.25, 0.3) is 0 Å². The first-order chi connectivity index (χ1) is 9.35. The first-order valence-electron chi connectivity index (χ1n) is 7.85. The van der Waals surface area contributed by atoms with Gasteiger partial charge >= 0.3 is 0 Å². The second-order valence-corrected chi connectivity index (χ2v) is 7.18. The van der Waals surface area contributed by atoms with Crippen LogP contribution in [0, 0.1) is 11.3 Å². The van der Waals surface area contributed by atoms with E-state index in [1.807, 2.05) is 12.1 Å². The van der Waals surface area contributed by atoms with Crippen LogP contribution in [0.2, 0.25) is 0 Å². The van der Waals surface area contributed by atoms with Crippen molar-refractivity contribution in [3.63, 3.8) is 0 Å². The summed E-state index contributed by atoms with van der Waals surface area (Å²) in [4.78, 5) is 0. The number of hydrogen-bond acceptors (Lipinski definition) is 2. The van der Waals surface area contributed by atoms with Gasteiger partial charge in [-0.05, 0) is 54.7 Å². The van der Waals surface area contributed by atoms with Gasteiger partial charge in [-0.25, -0.2) is 0 Å². The van der Waals surface area contributed by atoms with E-state index in [-0.39, 0.29) is 5.75 Å². The molecule has 1 fully saturated rings. The monoisotopic (exact) mass is 276 g/mol.